The van der Waals surface area contributed by atoms with Crippen LogP contribution in [0.3, 0.4) is 0 Å². The summed E-state index contributed by atoms with van der Waals surface area (Å²) in [5.41, 5.74) is 0.718. The molecule has 26 heavy (non-hydrogen) atoms. The Kier molecular flexibility index (Phi) is 7.36. The van der Waals surface area contributed by atoms with Crippen LogP contribution >= 0.6 is 0 Å². The molecule has 0 heterocycles. The molecule has 2 aromatic carbocycles. The topological polar surface area (TPSA) is 74.2 Å². The molecule has 0 atom stereocenters. The van der Waals surface area contributed by atoms with Gasteiger partial charge in [-0.2, -0.15) is 0 Å². The van der Waals surface area contributed by atoms with Gasteiger partial charge < -0.3 is 24.1 Å². The molecule has 0 spiro atoms. The van der Waals surface area contributed by atoms with E-state index in [1.807, 2.05) is 25.1 Å². The SMILES string of the molecule is CCOc1cc(C=CC(=O)O)ccc1OCCOc1cccc(OC)c1. The highest BCUT2D eigenvalue weighted by Crippen LogP contribution is 2.29. The van der Waals surface area contributed by atoms with Gasteiger partial charge in [0.25, 0.3) is 0 Å². The number of carbonyl (C=O) groups is 1. The van der Waals surface area contributed by atoms with Crippen LogP contribution in [0.1, 0.15) is 12.5 Å². The van der Waals surface area contributed by atoms with E-state index >= 15 is 0 Å². The van der Waals surface area contributed by atoms with Gasteiger partial charge in [-0.3, -0.25) is 0 Å². The molecule has 0 aliphatic carbocycles. The fourth-order valence-corrected chi connectivity index (χ4v) is 2.19. The van der Waals surface area contributed by atoms with E-state index in [0.717, 1.165) is 17.4 Å². The standard InChI is InChI=1S/C20H22O6/c1-3-24-19-13-15(8-10-20(21)22)7-9-18(19)26-12-11-25-17-6-4-5-16(14-17)23-2/h4-10,13-14H,3,11-12H2,1-2H3,(H,21,22). The van der Waals surface area contributed by atoms with E-state index in [9.17, 15) is 4.79 Å². The second kappa shape index (κ2) is 9.98. The average Bonchev–Trinajstić information content (AvgIpc) is 2.65. The smallest absolute Gasteiger partial charge is 0.328 e. The normalized spacial score (nSPS) is 10.5. The highest BCUT2D eigenvalue weighted by molar-refractivity contribution is 5.85. The number of carboxylic acids is 1. The third-order valence-electron chi connectivity index (χ3n) is 3.34. The summed E-state index contributed by atoms with van der Waals surface area (Å²) in [6.45, 7) is 3.04. The quantitative estimate of drug-likeness (QED) is 0.516. The molecule has 1 N–H and O–H groups in total. The number of carboxylic acid groups (broad SMARTS) is 1. The van der Waals surface area contributed by atoms with E-state index in [2.05, 4.69) is 0 Å². The van der Waals surface area contributed by atoms with Gasteiger partial charge in [0.15, 0.2) is 11.5 Å². The lowest BCUT2D eigenvalue weighted by Crippen LogP contribution is -2.10. The fourth-order valence-electron chi connectivity index (χ4n) is 2.19. The van der Waals surface area contributed by atoms with Gasteiger partial charge in [-0.1, -0.05) is 12.1 Å². The van der Waals surface area contributed by atoms with Crippen LogP contribution in [0.25, 0.3) is 6.08 Å². The van der Waals surface area contributed by atoms with Gasteiger partial charge in [-0.25, -0.2) is 4.79 Å². The molecule has 0 unspecified atom stereocenters. The summed E-state index contributed by atoms with van der Waals surface area (Å²) in [5.74, 6) is 1.56. The zero-order valence-electron chi connectivity index (χ0n) is 14.8. The Morgan fingerprint density at radius 3 is 2.50 bits per heavy atom. The van der Waals surface area contributed by atoms with Gasteiger partial charge in [0.1, 0.15) is 24.7 Å². The minimum Gasteiger partial charge on any atom is -0.497 e. The van der Waals surface area contributed by atoms with Crippen molar-refractivity contribution >= 4 is 12.0 Å². The molecule has 0 saturated heterocycles. The first-order chi connectivity index (χ1) is 12.6. The second-order valence-corrected chi connectivity index (χ2v) is 5.19. The lowest BCUT2D eigenvalue weighted by Gasteiger charge is -2.13. The van der Waals surface area contributed by atoms with E-state index in [1.165, 1.54) is 6.08 Å². The van der Waals surface area contributed by atoms with E-state index in [1.54, 1.807) is 31.4 Å². The third-order valence-corrected chi connectivity index (χ3v) is 3.34. The van der Waals surface area contributed by atoms with Crippen LogP contribution in [-0.2, 0) is 4.79 Å². The van der Waals surface area contributed by atoms with Gasteiger partial charge in [-0.05, 0) is 42.8 Å². The van der Waals surface area contributed by atoms with E-state index in [0.29, 0.717) is 37.1 Å². The molecule has 138 valence electrons. The molecule has 0 radical (unpaired) electrons. The Morgan fingerprint density at radius 2 is 1.77 bits per heavy atom. The summed E-state index contributed by atoms with van der Waals surface area (Å²) < 4.78 is 22.1. The molecule has 2 aromatic rings. The highest BCUT2D eigenvalue weighted by Gasteiger charge is 2.06. The third kappa shape index (κ3) is 6.05. The Bertz CT molecular complexity index is 754. The Labute approximate surface area is 152 Å². The van der Waals surface area contributed by atoms with E-state index < -0.39 is 5.97 Å². The second-order valence-electron chi connectivity index (χ2n) is 5.19. The summed E-state index contributed by atoms with van der Waals surface area (Å²) >= 11 is 0. The lowest BCUT2D eigenvalue weighted by molar-refractivity contribution is -0.131. The van der Waals surface area contributed by atoms with Crippen LogP contribution in [0.2, 0.25) is 0 Å². The average molecular weight is 358 g/mol. The maximum Gasteiger partial charge on any atom is 0.328 e. The van der Waals surface area contributed by atoms with Crippen molar-refractivity contribution in [2.24, 2.45) is 0 Å². The molecule has 0 aliphatic rings. The predicted octanol–water partition coefficient (Wildman–Crippen LogP) is 3.65. The van der Waals surface area contributed by atoms with Crippen molar-refractivity contribution in [3.63, 3.8) is 0 Å². The summed E-state index contributed by atoms with van der Waals surface area (Å²) in [7, 11) is 1.60. The van der Waals surface area contributed by atoms with Crippen molar-refractivity contribution < 1.29 is 28.8 Å². The summed E-state index contributed by atoms with van der Waals surface area (Å²) in [6, 6.07) is 12.6. The Balaban J connectivity index is 1.94. The highest BCUT2D eigenvalue weighted by atomic mass is 16.5. The van der Waals surface area contributed by atoms with Crippen LogP contribution in [-0.4, -0.2) is 38.0 Å². The van der Waals surface area contributed by atoms with Crippen LogP contribution in [0.4, 0.5) is 0 Å². The molecule has 0 fully saturated rings. The summed E-state index contributed by atoms with van der Waals surface area (Å²) in [6.07, 6.45) is 2.58. The van der Waals surface area contributed by atoms with Crippen molar-refractivity contribution in [1.82, 2.24) is 0 Å². The van der Waals surface area contributed by atoms with Crippen molar-refractivity contribution in [1.29, 1.82) is 0 Å². The van der Waals surface area contributed by atoms with Crippen LogP contribution in [0.15, 0.2) is 48.5 Å². The first kappa shape index (κ1) is 19.2. The van der Waals surface area contributed by atoms with Gasteiger partial charge >= 0.3 is 5.97 Å². The van der Waals surface area contributed by atoms with E-state index in [-0.39, 0.29) is 0 Å². The maximum absolute atomic E-state index is 10.6. The Hall–Kier alpha value is -3.15. The predicted molar refractivity (Wildman–Crippen MR) is 98.3 cm³/mol. The molecular weight excluding hydrogens is 336 g/mol. The van der Waals surface area contributed by atoms with Crippen LogP contribution < -0.4 is 18.9 Å². The first-order valence-electron chi connectivity index (χ1n) is 8.20. The molecule has 2 rings (SSSR count). The molecule has 6 heteroatoms. The minimum absolute atomic E-state index is 0.335. The molecule has 0 bridgehead atoms. The number of hydrogen-bond donors (Lipinski definition) is 1. The zero-order valence-corrected chi connectivity index (χ0v) is 14.8. The van der Waals surface area contributed by atoms with Gasteiger partial charge in [0.05, 0.1) is 13.7 Å². The van der Waals surface area contributed by atoms with Crippen LogP contribution in [0, 0.1) is 0 Å². The number of rotatable bonds is 10. The zero-order chi connectivity index (χ0) is 18.8. The largest absolute Gasteiger partial charge is 0.497 e. The summed E-state index contributed by atoms with van der Waals surface area (Å²) in [4.78, 5) is 10.6. The van der Waals surface area contributed by atoms with Crippen molar-refractivity contribution in [3.05, 3.63) is 54.1 Å². The molecule has 0 saturated carbocycles. The number of benzene rings is 2. The molecule has 0 aliphatic heterocycles. The fraction of sp³-hybridized carbons (Fsp3) is 0.250. The van der Waals surface area contributed by atoms with Gasteiger partial charge in [0, 0.05) is 12.1 Å². The maximum atomic E-state index is 10.6. The number of aliphatic carboxylic acids is 1. The monoisotopic (exact) mass is 358 g/mol. The minimum atomic E-state index is -1.00. The lowest BCUT2D eigenvalue weighted by atomic mass is 10.2. The first-order valence-corrected chi connectivity index (χ1v) is 8.20. The molecule has 6 nitrogen and oxygen atoms in total. The van der Waals surface area contributed by atoms with Gasteiger partial charge in [-0.15, -0.1) is 0 Å². The van der Waals surface area contributed by atoms with Gasteiger partial charge in [0.2, 0.25) is 0 Å². The van der Waals surface area contributed by atoms with Crippen molar-refractivity contribution in [2.75, 3.05) is 26.9 Å². The number of ether oxygens (including phenoxy) is 4. The molecule has 0 amide bonds. The van der Waals surface area contributed by atoms with Crippen molar-refractivity contribution in [3.8, 4) is 23.0 Å². The summed E-state index contributed by atoms with van der Waals surface area (Å²) in [5, 5.41) is 8.71. The van der Waals surface area contributed by atoms with E-state index in [4.69, 9.17) is 24.1 Å². The Morgan fingerprint density at radius 1 is 1.00 bits per heavy atom. The van der Waals surface area contributed by atoms with Crippen LogP contribution in [0.5, 0.6) is 23.0 Å². The molecule has 0 aromatic heterocycles. The molecular formula is C20H22O6. The van der Waals surface area contributed by atoms with Crippen molar-refractivity contribution in [2.45, 2.75) is 6.92 Å². The number of methoxy groups -OCH3 is 1. The number of hydrogen-bond acceptors (Lipinski definition) is 5.